The average Bonchev–Trinajstić information content (AvgIpc) is 3.19. The fourth-order valence-electron chi connectivity index (χ4n) is 5.30. The molecule has 7 nitrogen and oxygen atoms in total. The van der Waals surface area contributed by atoms with E-state index in [0.717, 1.165) is 0 Å². The van der Waals surface area contributed by atoms with Crippen LogP contribution in [0.5, 0.6) is 0 Å². The van der Waals surface area contributed by atoms with Crippen LogP contribution in [0, 0.1) is 44.0 Å². The van der Waals surface area contributed by atoms with Gasteiger partial charge in [-0.3, -0.25) is 14.9 Å². The Hall–Kier alpha value is -4.82. The van der Waals surface area contributed by atoms with Gasteiger partial charge in [0.1, 0.15) is 11.9 Å². The van der Waals surface area contributed by atoms with E-state index in [1.54, 1.807) is 53.5 Å². The molecule has 0 radical (unpaired) electrons. The van der Waals surface area contributed by atoms with Gasteiger partial charge in [0.05, 0.1) is 29.0 Å². The van der Waals surface area contributed by atoms with Gasteiger partial charge in [0.15, 0.2) is 11.2 Å². The number of carbonyl (C=O) groups excluding carboxylic acids is 1. The largest absolute Gasteiger partial charge is 0.351 e. The molecular weight excluding hydrogens is 447 g/mol. The maximum atomic E-state index is 14.0. The molecular formula is C27H17FN4O3. The third kappa shape index (κ3) is 3.19. The predicted molar refractivity (Wildman–Crippen MR) is 126 cm³/mol. The van der Waals surface area contributed by atoms with Crippen molar-refractivity contribution in [1.82, 2.24) is 0 Å². The number of fused-ring (bicyclic) bond motifs is 3. The summed E-state index contributed by atoms with van der Waals surface area (Å²) in [5.74, 6) is -2.02. The van der Waals surface area contributed by atoms with Crippen molar-refractivity contribution < 1.29 is 14.1 Å². The fourth-order valence-corrected chi connectivity index (χ4v) is 5.30. The van der Waals surface area contributed by atoms with Crippen LogP contribution < -0.4 is 4.90 Å². The summed E-state index contributed by atoms with van der Waals surface area (Å²) >= 11 is 0. The molecule has 0 saturated carbocycles. The molecule has 3 aromatic carbocycles. The number of nitriles is 2. The first-order valence-electron chi connectivity index (χ1n) is 10.8. The summed E-state index contributed by atoms with van der Waals surface area (Å²) in [5, 5.41) is 32.8. The molecule has 8 heteroatoms. The third-order valence-corrected chi connectivity index (χ3v) is 6.76. The molecule has 0 unspecified atom stereocenters. The first-order chi connectivity index (χ1) is 16.9. The Morgan fingerprint density at radius 2 is 1.71 bits per heavy atom. The summed E-state index contributed by atoms with van der Waals surface area (Å²) in [7, 11) is 0. The molecule has 170 valence electrons. The van der Waals surface area contributed by atoms with E-state index < -0.39 is 39.9 Å². The minimum absolute atomic E-state index is 0.126. The van der Waals surface area contributed by atoms with Gasteiger partial charge in [-0.15, -0.1) is 0 Å². The minimum atomic E-state index is -1.83. The van der Waals surface area contributed by atoms with Crippen molar-refractivity contribution in [2.24, 2.45) is 5.41 Å². The van der Waals surface area contributed by atoms with E-state index in [4.69, 9.17) is 0 Å². The number of para-hydroxylation sites is 1. The number of rotatable bonds is 4. The van der Waals surface area contributed by atoms with E-state index in [2.05, 4.69) is 12.1 Å². The number of hydrogen-bond donors (Lipinski definition) is 0. The van der Waals surface area contributed by atoms with Crippen LogP contribution in [0.4, 0.5) is 15.8 Å². The summed E-state index contributed by atoms with van der Waals surface area (Å²) in [5.41, 5.74) is -0.680. The van der Waals surface area contributed by atoms with Gasteiger partial charge in [0.2, 0.25) is 0 Å². The molecule has 1 fully saturated rings. The molecule has 35 heavy (non-hydrogen) atoms. The van der Waals surface area contributed by atoms with E-state index in [0.29, 0.717) is 16.8 Å². The second kappa shape index (κ2) is 8.19. The van der Waals surface area contributed by atoms with Crippen molar-refractivity contribution in [1.29, 1.82) is 10.5 Å². The van der Waals surface area contributed by atoms with Crippen molar-refractivity contribution in [3.05, 3.63) is 111 Å². The van der Waals surface area contributed by atoms with E-state index in [9.17, 15) is 29.8 Å². The predicted octanol–water partition coefficient (Wildman–Crippen LogP) is 5.02. The normalized spacial score (nSPS) is 21.3. The monoisotopic (exact) mass is 464 g/mol. The lowest BCUT2D eigenvalue weighted by molar-refractivity contribution is -0.385. The van der Waals surface area contributed by atoms with Crippen LogP contribution in [0.2, 0.25) is 0 Å². The third-order valence-electron chi connectivity index (χ3n) is 6.76. The molecule has 0 aliphatic carbocycles. The van der Waals surface area contributed by atoms with Crippen LogP contribution in [-0.2, 0) is 0 Å². The van der Waals surface area contributed by atoms with Gasteiger partial charge in [0, 0.05) is 28.4 Å². The van der Waals surface area contributed by atoms with Crippen molar-refractivity contribution in [3.63, 3.8) is 0 Å². The number of nitro benzene ring substituents is 1. The van der Waals surface area contributed by atoms with Crippen LogP contribution in [0.1, 0.15) is 27.4 Å². The molecule has 0 aromatic heterocycles. The highest BCUT2D eigenvalue weighted by Gasteiger charge is 2.64. The van der Waals surface area contributed by atoms with Crippen molar-refractivity contribution in [2.45, 2.75) is 18.0 Å². The van der Waals surface area contributed by atoms with Gasteiger partial charge in [-0.1, -0.05) is 60.7 Å². The first-order valence-corrected chi connectivity index (χ1v) is 10.8. The molecule has 0 amide bonds. The second-order valence-electron chi connectivity index (χ2n) is 8.48. The highest BCUT2D eigenvalue weighted by Crippen LogP contribution is 2.56. The van der Waals surface area contributed by atoms with E-state index in [1.165, 1.54) is 36.4 Å². The molecule has 0 bridgehead atoms. The Balaban J connectivity index is 1.83. The number of nitro groups is 1. The Kier molecular flexibility index (Phi) is 5.15. The highest BCUT2D eigenvalue weighted by molar-refractivity contribution is 6.04. The Morgan fingerprint density at radius 3 is 2.40 bits per heavy atom. The quantitative estimate of drug-likeness (QED) is 0.305. The number of halogens is 1. The minimum Gasteiger partial charge on any atom is -0.351 e. The summed E-state index contributed by atoms with van der Waals surface area (Å²) in [6.45, 7) is 0. The maximum Gasteiger partial charge on any atom is 0.273 e. The zero-order valence-corrected chi connectivity index (χ0v) is 18.2. The summed E-state index contributed by atoms with van der Waals surface area (Å²) in [4.78, 5) is 27.1. The average molecular weight is 464 g/mol. The highest BCUT2D eigenvalue weighted by atomic mass is 19.1. The fraction of sp³-hybridized carbons (Fsp3) is 0.148. The van der Waals surface area contributed by atoms with Crippen molar-refractivity contribution in [2.75, 3.05) is 4.90 Å². The lowest BCUT2D eigenvalue weighted by Gasteiger charge is -2.35. The molecule has 5 rings (SSSR count). The van der Waals surface area contributed by atoms with Crippen molar-refractivity contribution in [3.8, 4) is 12.1 Å². The zero-order chi connectivity index (χ0) is 24.7. The number of hydrogen-bond acceptors (Lipinski definition) is 6. The molecule has 3 atom stereocenters. The standard InChI is InChI=1S/C27H17FN4O3/c28-19-11-12-21-18(14-19)10-13-23-27(15-29,16-30)24(20-8-4-5-9-22(20)32(34)35)25(31(21)23)26(33)17-6-2-1-3-7-17/h1-14,23-25H/t23-,24+,25-/m1/s1. The van der Waals surface area contributed by atoms with E-state index in [-0.39, 0.29) is 11.3 Å². The van der Waals surface area contributed by atoms with Crippen LogP contribution in [-0.4, -0.2) is 22.8 Å². The van der Waals surface area contributed by atoms with Crippen LogP contribution >= 0.6 is 0 Å². The van der Waals surface area contributed by atoms with Crippen LogP contribution in [0.25, 0.3) is 6.08 Å². The molecule has 2 aliphatic rings. The zero-order valence-electron chi connectivity index (χ0n) is 18.2. The number of anilines is 1. The lowest BCUT2D eigenvalue weighted by Crippen LogP contribution is -2.44. The van der Waals surface area contributed by atoms with Crippen LogP contribution in [0.3, 0.4) is 0 Å². The Morgan fingerprint density at radius 1 is 1.03 bits per heavy atom. The second-order valence-corrected chi connectivity index (χ2v) is 8.48. The molecule has 2 heterocycles. The molecule has 0 spiro atoms. The lowest BCUT2D eigenvalue weighted by atomic mass is 9.68. The number of ketones is 1. The van der Waals surface area contributed by atoms with Gasteiger partial charge >= 0.3 is 0 Å². The van der Waals surface area contributed by atoms with Crippen molar-refractivity contribution >= 4 is 23.2 Å². The number of carbonyl (C=O) groups is 1. The molecule has 2 aliphatic heterocycles. The first kappa shape index (κ1) is 22.0. The van der Waals surface area contributed by atoms with Gasteiger partial charge in [-0.25, -0.2) is 4.39 Å². The summed E-state index contributed by atoms with van der Waals surface area (Å²) in [6.07, 6.45) is 3.23. The Bertz CT molecular complexity index is 1460. The van der Waals surface area contributed by atoms with Crippen LogP contribution in [0.15, 0.2) is 78.9 Å². The number of nitrogens with zero attached hydrogens (tertiary/aromatic N) is 4. The van der Waals surface area contributed by atoms with E-state index >= 15 is 0 Å². The molecule has 3 aromatic rings. The van der Waals surface area contributed by atoms with Gasteiger partial charge in [-0.05, 0) is 18.2 Å². The molecule has 0 N–H and O–H groups in total. The van der Waals surface area contributed by atoms with Gasteiger partial charge in [-0.2, -0.15) is 10.5 Å². The summed E-state index contributed by atoms with van der Waals surface area (Å²) in [6, 6.07) is 20.5. The number of Topliss-reactive ketones (excluding diaryl/α,β-unsaturated/α-hetero) is 1. The molecule has 1 saturated heterocycles. The van der Waals surface area contributed by atoms with Gasteiger partial charge in [0.25, 0.3) is 5.69 Å². The van der Waals surface area contributed by atoms with E-state index in [1.807, 2.05) is 0 Å². The summed E-state index contributed by atoms with van der Waals surface area (Å²) < 4.78 is 14.0. The topological polar surface area (TPSA) is 111 Å². The number of benzene rings is 3. The SMILES string of the molecule is N#CC1(C#N)[C@@H](c2ccccc2[N+](=O)[O-])[C@H](C(=O)c2ccccc2)N2c3ccc(F)cc3C=C[C@@H]21. The smallest absolute Gasteiger partial charge is 0.273 e. The Labute approximate surface area is 200 Å². The maximum absolute atomic E-state index is 14.0. The van der Waals surface area contributed by atoms with Gasteiger partial charge < -0.3 is 4.90 Å².